The molecule has 0 aliphatic carbocycles. The van der Waals surface area contributed by atoms with Gasteiger partial charge in [-0.05, 0) is 66.4 Å². The number of non-ortho nitro benzene ring substituents is 3. The van der Waals surface area contributed by atoms with E-state index in [1.54, 1.807) is 0 Å². The first kappa shape index (κ1) is 44.6. The van der Waals surface area contributed by atoms with Crippen molar-refractivity contribution in [1.82, 2.24) is 25.3 Å². The van der Waals surface area contributed by atoms with Gasteiger partial charge >= 0.3 is 18.2 Å². The molecule has 24 heteroatoms. The fourth-order valence-electron chi connectivity index (χ4n) is 7.58. The summed E-state index contributed by atoms with van der Waals surface area (Å²) in [5.41, 5.74) is 0.998. The van der Waals surface area contributed by atoms with Gasteiger partial charge in [0.25, 0.3) is 17.1 Å². The second-order valence-electron chi connectivity index (χ2n) is 15.0. The van der Waals surface area contributed by atoms with Crippen LogP contribution in [0.4, 0.5) is 26.7 Å². The quantitative estimate of drug-likeness (QED) is 0.0479. The van der Waals surface area contributed by atoms with Gasteiger partial charge in [-0.3, -0.25) is 40.0 Å². The molecule has 3 aliphatic rings. The Hall–Kier alpha value is -7.47. The maximum Gasteiger partial charge on any atom is 0.410 e. The second-order valence-corrected chi connectivity index (χ2v) is 16.3. The molecule has 6 atom stereocenters. The summed E-state index contributed by atoms with van der Waals surface area (Å²) in [6, 6.07) is 14.8. The highest BCUT2D eigenvalue weighted by atomic mass is 32.2. The number of alkyl carbamates (subject to hydrolysis) is 1. The van der Waals surface area contributed by atoms with Gasteiger partial charge in [-0.2, -0.15) is 4.98 Å². The number of β-lactam (4-membered cyclic amide) rings is 1. The number of amides is 3. The lowest BCUT2D eigenvalue weighted by Crippen LogP contribution is -2.63. The number of esters is 1. The zero-order valence-corrected chi connectivity index (χ0v) is 34.7. The Balaban J connectivity index is 1.08. The topological polar surface area (TPSA) is 303 Å². The van der Waals surface area contributed by atoms with E-state index in [0.717, 1.165) is 0 Å². The third kappa shape index (κ3) is 9.61. The molecule has 0 saturated carbocycles. The standard InChI is InChI=1S/C40H38N8O15S/c1-21-33-32(22(2)49)37(50)45(33)34(38(51)60-18-23-3-9-26(10-4-23)46(54)55)35(21)64-29-15-30(44(17-29)40(53)62-20-25-7-13-28(14-8-25)48(58)59)36-42-31(43-63-36)16-41-39(52)61-19-24-5-11-27(12-6-24)47(56)57/h3-14,21-22,29-30,32-33,49H,15-20H2,1-2H3,(H,41,52)/t21-,22-,29+,30+,32-,33-/m1/s1. The number of carbonyl (C=O) groups is 4. The average molecular weight is 903 g/mol. The summed E-state index contributed by atoms with van der Waals surface area (Å²) in [4.78, 5) is 92.6. The lowest BCUT2D eigenvalue weighted by Gasteiger charge is -2.46. The van der Waals surface area contributed by atoms with Crippen LogP contribution in [0.3, 0.4) is 0 Å². The van der Waals surface area contributed by atoms with E-state index < -0.39 is 74.1 Å². The smallest absolute Gasteiger partial charge is 0.410 e. The summed E-state index contributed by atoms with van der Waals surface area (Å²) < 4.78 is 22.0. The van der Waals surface area contributed by atoms with E-state index >= 15 is 0 Å². The molecule has 0 unspecified atom stereocenters. The molecule has 1 aromatic heterocycles. The van der Waals surface area contributed by atoms with Crippen molar-refractivity contribution in [3.63, 3.8) is 0 Å². The van der Waals surface area contributed by atoms with Crippen LogP contribution in [-0.4, -0.2) is 87.8 Å². The van der Waals surface area contributed by atoms with Crippen molar-refractivity contribution < 1.29 is 57.8 Å². The Labute approximate surface area is 365 Å². The molecule has 23 nitrogen and oxygen atoms in total. The average Bonchev–Trinajstić information content (AvgIpc) is 3.99. The van der Waals surface area contributed by atoms with Crippen LogP contribution in [0, 0.1) is 42.2 Å². The molecule has 64 heavy (non-hydrogen) atoms. The minimum Gasteiger partial charge on any atom is -0.456 e. The number of likely N-dealkylation sites (tertiary alicyclic amines) is 1. The number of aliphatic hydroxyl groups is 1. The van der Waals surface area contributed by atoms with Crippen LogP contribution >= 0.6 is 11.8 Å². The van der Waals surface area contributed by atoms with Gasteiger partial charge in [-0.15, -0.1) is 11.8 Å². The first-order chi connectivity index (χ1) is 30.6. The molecule has 2 N–H and O–H groups in total. The largest absolute Gasteiger partial charge is 0.456 e. The summed E-state index contributed by atoms with van der Waals surface area (Å²) in [6.45, 7) is 2.39. The molecular formula is C40H38N8O15S. The van der Waals surface area contributed by atoms with Crippen LogP contribution in [0.5, 0.6) is 0 Å². The van der Waals surface area contributed by atoms with E-state index in [2.05, 4.69) is 15.5 Å². The van der Waals surface area contributed by atoms with Gasteiger partial charge < -0.3 is 34.1 Å². The third-order valence-electron chi connectivity index (χ3n) is 10.8. The van der Waals surface area contributed by atoms with Gasteiger partial charge in [0, 0.05) is 59.0 Å². The van der Waals surface area contributed by atoms with E-state index in [9.17, 15) is 54.6 Å². The minimum absolute atomic E-state index is 0.0130. The molecule has 0 spiro atoms. The van der Waals surface area contributed by atoms with Crippen LogP contribution in [-0.2, 0) is 50.2 Å². The number of nitro groups is 3. The first-order valence-corrected chi connectivity index (χ1v) is 20.4. The fourth-order valence-corrected chi connectivity index (χ4v) is 9.10. The number of fused-ring (bicyclic) bond motifs is 1. The predicted molar refractivity (Wildman–Crippen MR) is 218 cm³/mol. The number of aromatic nitrogens is 2. The number of thioether (sulfide) groups is 1. The van der Waals surface area contributed by atoms with Crippen LogP contribution in [0.1, 0.15) is 54.7 Å². The highest BCUT2D eigenvalue weighted by Gasteiger charge is 2.60. The Kier molecular flexibility index (Phi) is 13.1. The summed E-state index contributed by atoms with van der Waals surface area (Å²) in [5.74, 6) is -2.54. The summed E-state index contributed by atoms with van der Waals surface area (Å²) in [6.07, 6.45) is -2.50. The lowest BCUT2D eigenvalue weighted by molar-refractivity contribution is -0.385. The normalized spacial score (nSPS) is 20.5. The van der Waals surface area contributed by atoms with Crippen LogP contribution in [0.15, 0.2) is 87.9 Å². The maximum atomic E-state index is 13.9. The highest BCUT2D eigenvalue weighted by Crippen LogP contribution is 2.53. The van der Waals surface area contributed by atoms with Crippen molar-refractivity contribution in [1.29, 1.82) is 0 Å². The molecule has 4 aromatic rings. The third-order valence-corrected chi connectivity index (χ3v) is 12.3. The van der Waals surface area contributed by atoms with Gasteiger partial charge in [0.15, 0.2) is 5.82 Å². The molecule has 334 valence electrons. The van der Waals surface area contributed by atoms with Crippen LogP contribution in [0.2, 0.25) is 0 Å². The number of aliphatic hydroxyl groups excluding tert-OH is 1. The monoisotopic (exact) mass is 902 g/mol. The van der Waals surface area contributed by atoms with Gasteiger partial charge in [-0.25, -0.2) is 14.4 Å². The molecule has 3 amide bonds. The summed E-state index contributed by atoms with van der Waals surface area (Å²) in [5, 5.41) is 49.6. The van der Waals surface area contributed by atoms with Crippen molar-refractivity contribution in [3.8, 4) is 0 Å². The Morgan fingerprint density at radius 2 is 1.38 bits per heavy atom. The number of nitrogens with zero attached hydrogens (tertiary/aromatic N) is 7. The van der Waals surface area contributed by atoms with Gasteiger partial charge in [0.05, 0.1) is 39.4 Å². The molecule has 4 heterocycles. The molecule has 0 radical (unpaired) electrons. The molecule has 0 bridgehead atoms. The van der Waals surface area contributed by atoms with E-state index in [0.29, 0.717) is 21.6 Å². The first-order valence-electron chi connectivity index (χ1n) is 19.5. The Morgan fingerprint density at radius 1 is 0.859 bits per heavy atom. The van der Waals surface area contributed by atoms with E-state index in [1.807, 2.05) is 6.92 Å². The summed E-state index contributed by atoms with van der Waals surface area (Å²) in [7, 11) is 0. The number of ether oxygens (including phenoxy) is 3. The van der Waals surface area contributed by atoms with Crippen molar-refractivity contribution in [3.05, 3.63) is 142 Å². The molecular weight excluding hydrogens is 865 g/mol. The number of nitrogens with one attached hydrogen (secondary N) is 1. The highest BCUT2D eigenvalue weighted by molar-refractivity contribution is 8.03. The Morgan fingerprint density at radius 3 is 1.89 bits per heavy atom. The molecule has 3 aromatic carbocycles. The number of hydrogen-bond donors (Lipinski definition) is 2. The second kappa shape index (κ2) is 18.9. The lowest BCUT2D eigenvalue weighted by atomic mass is 9.79. The molecule has 2 fully saturated rings. The van der Waals surface area contributed by atoms with E-state index in [-0.39, 0.29) is 73.8 Å². The van der Waals surface area contributed by atoms with Gasteiger partial charge in [0.1, 0.15) is 31.6 Å². The van der Waals surface area contributed by atoms with Crippen LogP contribution in [0.25, 0.3) is 0 Å². The van der Waals surface area contributed by atoms with E-state index in [1.165, 1.54) is 101 Å². The predicted octanol–water partition coefficient (Wildman–Crippen LogP) is 5.22. The summed E-state index contributed by atoms with van der Waals surface area (Å²) >= 11 is 1.23. The van der Waals surface area contributed by atoms with E-state index in [4.69, 9.17) is 18.7 Å². The van der Waals surface area contributed by atoms with Crippen molar-refractivity contribution in [2.75, 3.05) is 6.54 Å². The molecule has 7 rings (SSSR count). The zero-order chi connectivity index (χ0) is 45.8. The van der Waals surface area contributed by atoms with Crippen molar-refractivity contribution in [2.24, 2.45) is 11.8 Å². The number of benzene rings is 3. The molecule has 3 aliphatic heterocycles. The number of carbonyl (C=O) groups excluding carboxylic acids is 4. The minimum atomic E-state index is -1.02. The fraction of sp³-hybridized carbons (Fsp3) is 0.350. The number of rotatable bonds is 16. The van der Waals surface area contributed by atoms with Gasteiger partial charge in [0.2, 0.25) is 11.8 Å². The Bertz CT molecular complexity index is 2500. The zero-order valence-electron chi connectivity index (χ0n) is 33.8. The number of nitro benzene ring substituents is 3. The van der Waals surface area contributed by atoms with Crippen LogP contribution < -0.4 is 5.32 Å². The maximum absolute atomic E-state index is 13.9. The van der Waals surface area contributed by atoms with Crippen molar-refractivity contribution in [2.45, 2.75) is 70.1 Å². The van der Waals surface area contributed by atoms with Crippen molar-refractivity contribution >= 4 is 52.9 Å². The molecule has 2 saturated heterocycles. The number of hydrogen-bond acceptors (Lipinski definition) is 18. The SMILES string of the molecule is C[C@@H](O)[C@H]1C(=O)N2C(C(=O)OCc3ccc([N+](=O)[O-])cc3)=C(S[C@H]3C[C@@H](c4nc(CNC(=O)OCc5ccc([N+](=O)[O-])cc5)no4)N(C(=O)OCc4ccc([N+](=O)[O-])cc4)C3)[C@H](C)[C@H]12. The van der Waals surface area contributed by atoms with Gasteiger partial charge in [-0.1, -0.05) is 12.1 Å².